The Morgan fingerprint density at radius 2 is 2.12 bits per heavy atom. The first-order valence-electron chi connectivity index (χ1n) is 7.87. The van der Waals surface area contributed by atoms with E-state index >= 15 is 0 Å². The van der Waals surface area contributed by atoms with E-state index in [1.54, 1.807) is 16.8 Å². The fourth-order valence-electron chi connectivity index (χ4n) is 2.82. The molecule has 1 amide bonds. The minimum Gasteiger partial charge on any atom is -0.361 e. The van der Waals surface area contributed by atoms with Crippen LogP contribution in [0.3, 0.4) is 0 Å². The topological polar surface area (TPSA) is 95.4 Å². The second kappa shape index (κ2) is 6.39. The zero-order valence-electron chi connectivity index (χ0n) is 14.6. The summed E-state index contributed by atoms with van der Waals surface area (Å²) in [4.78, 5) is 34.6. The maximum absolute atomic E-state index is 12.5. The number of aryl methyl sites for hydroxylation is 2. The Morgan fingerprint density at radius 3 is 2.84 bits per heavy atom. The molecule has 0 saturated carbocycles. The Bertz CT molecular complexity index is 1000. The molecule has 0 aliphatic heterocycles. The van der Waals surface area contributed by atoms with E-state index in [2.05, 4.69) is 20.4 Å². The van der Waals surface area contributed by atoms with Crippen LogP contribution in [0.25, 0.3) is 5.65 Å². The van der Waals surface area contributed by atoms with Crippen LogP contribution in [0, 0.1) is 13.8 Å². The summed E-state index contributed by atoms with van der Waals surface area (Å²) < 4.78 is 1.60. The van der Waals surface area contributed by atoms with Crippen molar-refractivity contribution in [2.75, 3.05) is 24.3 Å². The fraction of sp³-hybridized carbons (Fsp3) is 0.294. The highest BCUT2D eigenvalue weighted by atomic mass is 16.1. The molecule has 0 aliphatic carbocycles. The fourth-order valence-corrected chi connectivity index (χ4v) is 2.82. The van der Waals surface area contributed by atoms with E-state index in [-0.39, 0.29) is 17.9 Å². The second-order valence-corrected chi connectivity index (χ2v) is 6.07. The normalized spacial score (nSPS) is 10.9. The van der Waals surface area contributed by atoms with Crippen molar-refractivity contribution < 1.29 is 4.79 Å². The number of carbonyl (C=O) groups excluding carboxylic acids is 1. The van der Waals surface area contributed by atoms with Crippen LogP contribution in [-0.4, -0.2) is 39.6 Å². The summed E-state index contributed by atoms with van der Waals surface area (Å²) in [5.41, 5.74) is 3.28. The number of aromatic amines is 1. The summed E-state index contributed by atoms with van der Waals surface area (Å²) >= 11 is 0. The molecule has 3 heterocycles. The molecular weight excluding hydrogens is 320 g/mol. The lowest BCUT2D eigenvalue weighted by atomic mass is 10.1. The number of fused-ring (bicyclic) bond motifs is 1. The SMILES string of the molecule is Cc1nc2cc(=O)[nH]n2c(C)c1CC(=O)Nc1cccnc1N(C)C. The van der Waals surface area contributed by atoms with Gasteiger partial charge in [-0.15, -0.1) is 0 Å². The molecule has 2 N–H and O–H groups in total. The third-order valence-electron chi connectivity index (χ3n) is 4.02. The zero-order chi connectivity index (χ0) is 18.1. The Labute approximate surface area is 144 Å². The van der Waals surface area contributed by atoms with E-state index < -0.39 is 0 Å². The number of hydrogen-bond donors (Lipinski definition) is 2. The molecule has 25 heavy (non-hydrogen) atoms. The van der Waals surface area contributed by atoms with Crippen molar-refractivity contribution in [1.29, 1.82) is 0 Å². The van der Waals surface area contributed by atoms with Gasteiger partial charge >= 0.3 is 0 Å². The molecule has 3 rings (SSSR count). The van der Waals surface area contributed by atoms with E-state index in [0.29, 0.717) is 17.2 Å². The molecule has 0 atom stereocenters. The number of carbonyl (C=O) groups is 1. The summed E-state index contributed by atoms with van der Waals surface area (Å²) in [5, 5.41) is 5.59. The summed E-state index contributed by atoms with van der Waals surface area (Å²) in [5.74, 6) is 0.519. The van der Waals surface area contributed by atoms with Gasteiger partial charge in [-0.3, -0.25) is 14.7 Å². The third kappa shape index (κ3) is 3.23. The molecule has 0 radical (unpaired) electrons. The number of nitrogens with zero attached hydrogens (tertiary/aromatic N) is 4. The predicted octanol–water partition coefficient (Wildman–Crippen LogP) is 1.28. The van der Waals surface area contributed by atoms with Gasteiger partial charge in [-0.1, -0.05) is 0 Å². The molecule has 0 bridgehead atoms. The number of pyridine rings is 1. The van der Waals surface area contributed by atoms with Crippen LogP contribution >= 0.6 is 0 Å². The highest BCUT2D eigenvalue weighted by molar-refractivity contribution is 5.95. The Kier molecular flexibility index (Phi) is 4.26. The maximum Gasteiger partial charge on any atom is 0.266 e. The lowest BCUT2D eigenvalue weighted by molar-refractivity contribution is -0.115. The minimum atomic E-state index is -0.220. The van der Waals surface area contributed by atoms with E-state index in [1.807, 2.05) is 38.9 Å². The van der Waals surface area contributed by atoms with Crippen molar-refractivity contribution in [2.24, 2.45) is 0 Å². The molecule has 0 aromatic carbocycles. The number of rotatable bonds is 4. The summed E-state index contributed by atoms with van der Waals surface area (Å²) in [7, 11) is 3.74. The molecule has 0 aliphatic rings. The van der Waals surface area contributed by atoms with Crippen molar-refractivity contribution >= 4 is 23.1 Å². The van der Waals surface area contributed by atoms with E-state index in [1.165, 1.54) is 6.07 Å². The van der Waals surface area contributed by atoms with Gasteiger partial charge in [-0.2, -0.15) is 0 Å². The average molecular weight is 340 g/mol. The van der Waals surface area contributed by atoms with Crippen molar-refractivity contribution in [3.05, 3.63) is 51.7 Å². The third-order valence-corrected chi connectivity index (χ3v) is 4.02. The van der Waals surface area contributed by atoms with Gasteiger partial charge in [-0.05, 0) is 26.0 Å². The van der Waals surface area contributed by atoms with Crippen LogP contribution in [-0.2, 0) is 11.2 Å². The van der Waals surface area contributed by atoms with Gasteiger partial charge in [0.2, 0.25) is 5.91 Å². The number of anilines is 2. The van der Waals surface area contributed by atoms with Crippen molar-refractivity contribution in [1.82, 2.24) is 19.6 Å². The lowest BCUT2D eigenvalue weighted by Crippen LogP contribution is -2.20. The van der Waals surface area contributed by atoms with E-state index in [0.717, 1.165) is 17.0 Å². The molecule has 130 valence electrons. The molecule has 0 unspecified atom stereocenters. The standard InChI is InChI=1S/C17H20N6O2/c1-10-12(11(2)23-14(19-10)9-16(25)21-23)8-15(24)20-13-6-5-7-18-17(13)22(3)4/h5-7,9H,8H2,1-4H3,(H,20,24)(H,21,25). The van der Waals surface area contributed by atoms with Crippen LogP contribution in [0.15, 0.2) is 29.2 Å². The Morgan fingerprint density at radius 1 is 1.36 bits per heavy atom. The molecule has 8 nitrogen and oxygen atoms in total. The van der Waals surface area contributed by atoms with Gasteiger partial charge < -0.3 is 10.2 Å². The number of nitrogens with one attached hydrogen (secondary N) is 2. The zero-order valence-corrected chi connectivity index (χ0v) is 14.6. The van der Waals surface area contributed by atoms with Gasteiger partial charge in [0.25, 0.3) is 5.56 Å². The Hall–Kier alpha value is -3.16. The number of aromatic nitrogens is 4. The average Bonchev–Trinajstić information content (AvgIpc) is 2.92. The Balaban J connectivity index is 1.89. The van der Waals surface area contributed by atoms with Crippen LogP contribution < -0.4 is 15.8 Å². The molecule has 0 spiro atoms. The summed E-state index contributed by atoms with van der Waals surface area (Å²) in [6.45, 7) is 3.69. The first-order chi connectivity index (χ1) is 11.9. The van der Waals surface area contributed by atoms with Gasteiger partial charge in [0.1, 0.15) is 0 Å². The monoisotopic (exact) mass is 340 g/mol. The summed E-state index contributed by atoms with van der Waals surface area (Å²) in [6, 6.07) is 5.02. The number of hydrogen-bond acceptors (Lipinski definition) is 5. The first-order valence-corrected chi connectivity index (χ1v) is 7.87. The highest BCUT2D eigenvalue weighted by Crippen LogP contribution is 2.21. The van der Waals surface area contributed by atoms with E-state index in [9.17, 15) is 9.59 Å². The van der Waals surface area contributed by atoms with Gasteiger partial charge in [-0.25, -0.2) is 14.5 Å². The van der Waals surface area contributed by atoms with Crippen molar-refractivity contribution in [3.8, 4) is 0 Å². The van der Waals surface area contributed by atoms with Gasteiger partial charge in [0, 0.05) is 43.3 Å². The first kappa shape index (κ1) is 16.7. The molecular formula is C17H20N6O2. The van der Waals surface area contributed by atoms with E-state index in [4.69, 9.17) is 0 Å². The second-order valence-electron chi connectivity index (χ2n) is 6.07. The smallest absolute Gasteiger partial charge is 0.266 e. The van der Waals surface area contributed by atoms with Crippen LogP contribution in [0.1, 0.15) is 17.0 Å². The molecule has 0 saturated heterocycles. The largest absolute Gasteiger partial charge is 0.361 e. The molecule has 3 aromatic heterocycles. The number of amides is 1. The predicted molar refractivity (Wildman–Crippen MR) is 96.2 cm³/mol. The molecule has 8 heteroatoms. The summed E-state index contributed by atoms with van der Waals surface area (Å²) in [6.07, 6.45) is 1.84. The highest BCUT2D eigenvalue weighted by Gasteiger charge is 2.15. The quantitative estimate of drug-likeness (QED) is 0.746. The van der Waals surface area contributed by atoms with Gasteiger partial charge in [0.05, 0.1) is 12.1 Å². The lowest BCUT2D eigenvalue weighted by Gasteiger charge is -2.17. The molecule has 3 aromatic rings. The van der Waals surface area contributed by atoms with Crippen molar-refractivity contribution in [2.45, 2.75) is 20.3 Å². The van der Waals surface area contributed by atoms with Crippen LogP contribution in [0.5, 0.6) is 0 Å². The van der Waals surface area contributed by atoms with Crippen LogP contribution in [0.4, 0.5) is 11.5 Å². The van der Waals surface area contributed by atoms with Crippen LogP contribution in [0.2, 0.25) is 0 Å². The van der Waals surface area contributed by atoms with Gasteiger partial charge in [0.15, 0.2) is 11.5 Å². The maximum atomic E-state index is 12.5. The number of H-pyrrole nitrogens is 1. The van der Waals surface area contributed by atoms with Crippen molar-refractivity contribution in [3.63, 3.8) is 0 Å². The molecule has 0 fully saturated rings. The minimum absolute atomic E-state index is 0.155.